The minimum Gasteiger partial charge on any atom is -0.493 e. The third-order valence-corrected chi connectivity index (χ3v) is 3.16. The average Bonchev–Trinajstić information content (AvgIpc) is 2.50. The minimum atomic E-state index is 0.716. The first-order chi connectivity index (χ1) is 10.3. The van der Waals surface area contributed by atoms with Crippen molar-refractivity contribution < 1.29 is 9.47 Å². The maximum absolute atomic E-state index is 5.94. The molecule has 21 heavy (non-hydrogen) atoms. The van der Waals surface area contributed by atoms with Crippen molar-refractivity contribution in [1.29, 1.82) is 0 Å². The lowest BCUT2D eigenvalue weighted by Crippen LogP contribution is -1.95. The summed E-state index contributed by atoms with van der Waals surface area (Å²) in [7, 11) is 1.65. The van der Waals surface area contributed by atoms with Crippen LogP contribution in [0.1, 0.15) is 11.1 Å². The van der Waals surface area contributed by atoms with E-state index < -0.39 is 0 Å². The standard InChI is InChI=1S/C19H20O2/c1-4-7-15-11-13-17(14-12-15)21-18-10-6-9-16(8-5-2)19(18)20-3/h4-6,9-14H,1-2,7-8H2,3H3. The Labute approximate surface area is 126 Å². The van der Waals surface area contributed by atoms with E-state index in [0.717, 1.165) is 29.9 Å². The highest BCUT2D eigenvalue weighted by Gasteiger charge is 2.10. The predicted octanol–water partition coefficient (Wildman–Crippen LogP) is 4.94. The van der Waals surface area contributed by atoms with E-state index in [1.807, 2.05) is 54.6 Å². The van der Waals surface area contributed by atoms with Crippen molar-refractivity contribution in [2.45, 2.75) is 12.8 Å². The fourth-order valence-electron chi connectivity index (χ4n) is 2.18. The van der Waals surface area contributed by atoms with Crippen molar-refractivity contribution >= 4 is 0 Å². The molecule has 0 spiro atoms. The maximum atomic E-state index is 5.94. The van der Waals surface area contributed by atoms with Crippen LogP contribution < -0.4 is 9.47 Å². The van der Waals surface area contributed by atoms with Crippen LogP contribution in [0.2, 0.25) is 0 Å². The second-order valence-corrected chi connectivity index (χ2v) is 4.68. The molecule has 0 bridgehead atoms. The van der Waals surface area contributed by atoms with Gasteiger partial charge in [0.05, 0.1) is 7.11 Å². The van der Waals surface area contributed by atoms with Crippen molar-refractivity contribution in [3.05, 3.63) is 78.9 Å². The Kier molecular flexibility index (Phi) is 5.22. The molecule has 0 saturated carbocycles. The molecule has 0 aliphatic heterocycles. The molecule has 2 nitrogen and oxygen atoms in total. The Bertz CT molecular complexity index is 612. The number of para-hydroxylation sites is 1. The van der Waals surface area contributed by atoms with Gasteiger partial charge in [-0.15, -0.1) is 13.2 Å². The van der Waals surface area contributed by atoms with E-state index in [1.165, 1.54) is 5.56 Å². The van der Waals surface area contributed by atoms with Crippen molar-refractivity contribution in [3.8, 4) is 17.2 Å². The zero-order chi connectivity index (χ0) is 15.1. The quantitative estimate of drug-likeness (QED) is 0.668. The summed E-state index contributed by atoms with van der Waals surface area (Å²) >= 11 is 0. The van der Waals surface area contributed by atoms with E-state index in [9.17, 15) is 0 Å². The van der Waals surface area contributed by atoms with Gasteiger partial charge in [-0.25, -0.2) is 0 Å². The number of allylic oxidation sites excluding steroid dienone is 2. The van der Waals surface area contributed by atoms with Gasteiger partial charge in [-0.2, -0.15) is 0 Å². The topological polar surface area (TPSA) is 18.5 Å². The molecule has 0 amide bonds. The van der Waals surface area contributed by atoms with Crippen molar-refractivity contribution in [3.63, 3.8) is 0 Å². The van der Waals surface area contributed by atoms with Gasteiger partial charge in [0.15, 0.2) is 11.5 Å². The maximum Gasteiger partial charge on any atom is 0.169 e. The molecule has 2 aromatic rings. The van der Waals surface area contributed by atoms with E-state index >= 15 is 0 Å². The van der Waals surface area contributed by atoms with Crippen LogP contribution in [-0.4, -0.2) is 7.11 Å². The SMILES string of the molecule is C=CCc1ccc(Oc2cccc(CC=C)c2OC)cc1. The Hall–Kier alpha value is -2.48. The predicted molar refractivity (Wildman–Crippen MR) is 87.3 cm³/mol. The van der Waals surface area contributed by atoms with Gasteiger partial charge in [0.1, 0.15) is 5.75 Å². The van der Waals surface area contributed by atoms with Crippen LogP contribution in [0.15, 0.2) is 67.8 Å². The van der Waals surface area contributed by atoms with E-state index in [4.69, 9.17) is 9.47 Å². The average molecular weight is 280 g/mol. The van der Waals surface area contributed by atoms with Gasteiger partial charge < -0.3 is 9.47 Å². The minimum absolute atomic E-state index is 0.716. The van der Waals surface area contributed by atoms with Crippen molar-refractivity contribution in [2.24, 2.45) is 0 Å². The van der Waals surface area contributed by atoms with Crippen molar-refractivity contribution in [2.75, 3.05) is 7.11 Å². The molecule has 2 heteroatoms. The van der Waals surface area contributed by atoms with Crippen molar-refractivity contribution in [1.82, 2.24) is 0 Å². The number of ether oxygens (including phenoxy) is 2. The molecule has 0 fully saturated rings. The Morgan fingerprint density at radius 2 is 1.67 bits per heavy atom. The molecule has 0 aliphatic carbocycles. The van der Waals surface area contributed by atoms with Crippen LogP contribution >= 0.6 is 0 Å². The molecule has 0 atom stereocenters. The number of hydrogen-bond donors (Lipinski definition) is 0. The smallest absolute Gasteiger partial charge is 0.169 e. The van der Waals surface area contributed by atoms with Gasteiger partial charge >= 0.3 is 0 Å². The lowest BCUT2D eigenvalue weighted by molar-refractivity contribution is 0.375. The summed E-state index contributed by atoms with van der Waals surface area (Å²) in [5.74, 6) is 2.26. The molecule has 2 aromatic carbocycles. The Balaban J connectivity index is 2.24. The van der Waals surface area contributed by atoms with Gasteiger partial charge in [-0.1, -0.05) is 36.4 Å². The number of rotatable bonds is 7. The second kappa shape index (κ2) is 7.34. The lowest BCUT2D eigenvalue weighted by Gasteiger charge is -2.13. The molecule has 0 aliphatic rings. The fourth-order valence-corrected chi connectivity index (χ4v) is 2.18. The summed E-state index contributed by atoms with van der Waals surface area (Å²) in [6.45, 7) is 7.51. The van der Waals surface area contributed by atoms with Crippen LogP contribution in [-0.2, 0) is 12.8 Å². The highest BCUT2D eigenvalue weighted by Crippen LogP contribution is 2.34. The first-order valence-electron chi connectivity index (χ1n) is 6.93. The molecule has 0 unspecified atom stereocenters. The largest absolute Gasteiger partial charge is 0.493 e. The van der Waals surface area contributed by atoms with Crippen LogP contribution in [0.25, 0.3) is 0 Å². The summed E-state index contributed by atoms with van der Waals surface area (Å²) in [5.41, 5.74) is 2.28. The number of methoxy groups -OCH3 is 1. The van der Waals surface area contributed by atoms with Gasteiger partial charge in [0, 0.05) is 5.56 Å². The first kappa shape index (κ1) is 14.9. The molecular formula is C19H20O2. The highest BCUT2D eigenvalue weighted by molar-refractivity contribution is 5.49. The Morgan fingerprint density at radius 3 is 2.29 bits per heavy atom. The highest BCUT2D eigenvalue weighted by atomic mass is 16.5. The monoisotopic (exact) mass is 280 g/mol. The molecule has 0 N–H and O–H groups in total. The Morgan fingerprint density at radius 1 is 0.952 bits per heavy atom. The molecule has 108 valence electrons. The molecule has 0 radical (unpaired) electrons. The third-order valence-electron chi connectivity index (χ3n) is 3.16. The van der Waals surface area contributed by atoms with Gasteiger partial charge in [-0.3, -0.25) is 0 Å². The summed E-state index contributed by atoms with van der Waals surface area (Å²) in [6, 6.07) is 13.9. The van der Waals surface area contributed by atoms with Gasteiger partial charge in [0.2, 0.25) is 0 Å². The van der Waals surface area contributed by atoms with E-state index in [-0.39, 0.29) is 0 Å². The normalized spacial score (nSPS) is 9.95. The number of benzene rings is 2. The number of hydrogen-bond acceptors (Lipinski definition) is 2. The van der Waals surface area contributed by atoms with Gasteiger partial charge in [-0.05, 0) is 36.6 Å². The molecular weight excluding hydrogens is 260 g/mol. The third kappa shape index (κ3) is 3.76. The zero-order valence-corrected chi connectivity index (χ0v) is 12.3. The summed E-state index contributed by atoms with van der Waals surface area (Å²) in [4.78, 5) is 0. The lowest BCUT2D eigenvalue weighted by atomic mass is 10.1. The van der Waals surface area contributed by atoms with E-state index in [2.05, 4.69) is 13.2 Å². The summed E-state index contributed by atoms with van der Waals surface area (Å²) in [6.07, 6.45) is 5.35. The fraction of sp³-hybridized carbons (Fsp3) is 0.158. The molecule has 0 saturated heterocycles. The van der Waals surface area contributed by atoms with E-state index in [1.54, 1.807) is 7.11 Å². The molecule has 0 heterocycles. The van der Waals surface area contributed by atoms with Crippen LogP contribution in [0.5, 0.6) is 17.2 Å². The molecule has 0 aromatic heterocycles. The molecule has 2 rings (SSSR count). The summed E-state index contributed by atoms with van der Waals surface area (Å²) in [5, 5.41) is 0. The first-order valence-corrected chi connectivity index (χ1v) is 6.93. The zero-order valence-electron chi connectivity index (χ0n) is 12.3. The second-order valence-electron chi connectivity index (χ2n) is 4.68. The van der Waals surface area contributed by atoms with Crippen LogP contribution in [0, 0.1) is 0 Å². The van der Waals surface area contributed by atoms with E-state index in [0.29, 0.717) is 5.75 Å². The van der Waals surface area contributed by atoms with Crippen LogP contribution in [0.4, 0.5) is 0 Å². The summed E-state index contributed by atoms with van der Waals surface area (Å²) < 4.78 is 11.4. The van der Waals surface area contributed by atoms with Gasteiger partial charge in [0.25, 0.3) is 0 Å². The van der Waals surface area contributed by atoms with Crippen LogP contribution in [0.3, 0.4) is 0 Å².